The number of alkyl halides is 3. The Bertz CT molecular complexity index is 1290. The Balaban J connectivity index is 1.58. The number of amides is 3. The van der Waals surface area contributed by atoms with Gasteiger partial charge in [-0.05, 0) is 50.9 Å². The molecule has 4 heterocycles. The predicted molar refractivity (Wildman–Crippen MR) is 117 cm³/mol. The maximum atomic E-state index is 13.9. The van der Waals surface area contributed by atoms with Crippen molar-refractivity contribution in [1.29, 1.82) is 0 Å². The maximum Gasteiger partial charge on any atom is 0.418 e. The van der Waals surface area contributed by atoms with Crippen LogP contribution in [-0.2, 0) is 26.1 Å². The first kappa shape index (κ1) is 21.3. The number of benzene rings is 2. The number of hydrogen-bond donors (Lipinski definition) is 1. The molecule has 3 fully saturated rings. The Labute approximate surface area is 193 Å². The highest BCUT2D eigenvalue weighted by Gasteiger charge is 2.75. The molecule has 9 heteroatoms. The van der Waals surface area contributed by atoms with Crippen molar-refractivity contribution in [2.45, 2.75) is 44.4 Å². The molecule has 34 heavy (non-hydrogen) atoms. The van der Waals surface area contributed by atoms with Crippen LogP contribution in [0.2, 0.25) is 0 Å². The zero-order chi connectivity index (χ0) is 24.2. The van der Waals surface area contributed by atoms with Crippen LogP contribution < -0.4 is 10.2 Å². The van der Waals surface area contributed by atoms with Crippen LogP contribution in [0.3, 0.4) is 0 Å². The Morgan fingerprint density at radius 2 is 1.79 bits per heavy atom. The van der Waals surface area contributed by atoms with Crippen LogP contribution in [0.25, 0.3) is 0 Å². The number of nitrogens with zero attached hydrogens (tertiary/aromatic N) is 2. The monoisotopic (exact) mass is 469 g/mol. The van der Waals surface area contributed by atoms with Crippen molar-refractivity contribution in [3.63, 3.8) is 0 Å². The van der Waals surface area contributed by atoms with Crippen molar-refractivity contribution >= 4 is 29.1 Å². The van der Waals surface area contributed by atoms with Crippen LogP contribution in [0, 0.1) is 25.7 Å². The van der Waals surface area contributed by atoms with E-state index in [2.05, 4.69) is 5.32 Å². The van der Waals surface area contributed by atoms with E-state index in [1.54, 1.807) is 0 Å². The molecule has 0 radical (unpaired) electrons. The maximum absolute atomic E-state index is 13.9. The summed E-state index contributed by atoms with van der Waals surface area (Å²) >= 11 is 0. The van der Waals surface area contributed by atoms with Gasteiger partial charge in [0.1, 0.15) is 5.54 Å². The second-order valence-corrected chi connectivity index (χ2v) is 9.66. The lowest BCUT2D eigenvalue weighted by Crippen LogP contribution is -2.54. The summed E-state index contributed by atoms with van der Waals surface area (Å²) in [6.07, 6.45) is -3.40. The highest BCUT2D eigenvalue weighted by Crippen LogP contribution is 2.61. The molecule has 4 atom stereocenters. The lowest BCUT2D eigenvalue weighted by molar-refractivity contribution is -0.138. The number of para-hydroxylation sites is 1. The minimum absolute atomic E-state index is 0.386. The lowest BCUT2D eigenvalue weighted by Gasteiger charge is -2.37. The van der Waals surface area contributed by atoms with Crippen LogP contribution in [0.15, 0.2) is 36.4 Å². The molecule has 1 spiro atoms. The summed E-state index contributed by atoms with van der Waals surface area (Å²) in [5, 5.41) is 2.93. The van der Waals surface area contributed by atoms with E-state index in [1.807, 2.05) is 30.9 Å². The third-order valence-corrected chi connectivity index (χ3v) is 7.89. The first-order valence-corrected chi connectivity index (χ1v) is 11.3. The number of nitrogens with one attached hydrogen (secondary N) is 1. The van der Waals surface area contributed by atoms with Gasteiger partial charge in [-0.2, -0.15) is 13.2 Å². The molecule has 0 aromatic heterocycles. The Hall–Kier alpha value is -3.20. The van der Waals surface area contributed by atoms with Gasteiger partial charge in [0.05, 0.1) is 23.1 Å². The van der Waals surface area contributed by atoms with E-state index in [0.717, 1.165) is 29.7 Å². The van der Waals surface area contributed by atoms with E-state index >= 15 is 0 Å². The van der Waals surface area contributed by atoms with Gasteiger partial charge in [-0.15, -0.1) is 0 Å². The number of carbonyl (C=O) groups excluding carboxylic acids is 3. The summed E-state index contributed by atoms with van der Waals surface area (Å²) in [5.74, 6) is -3.76. The predicted octanol–water partition coefficient (Wildman–Crippen LogP) is 3.75. The van der Waals surface area contributed by atoms with Crippen LogP contribution >= 0.6 is 0 Å². The van der Waals surface area contributed by atoms with Gasteiger partial charge in [-0.3, -0.25) is 19.3 Å². The molecule has 0 saturated carbocycles. The van der Waals surface area contributed by atoms with Crippen molar-refractivity contribution < 1.29 is 27.6 Å². The van der Waals surface area contributed by atoms with E-state index in [1.165, 1.54) is 12.1 Å². The topological polar surface area (TPSA) is 69.7 Å². The number of hydrogen-bond acceptors (Lipinski definition) is 4. The molecule has 0 unspecified atom stereocenters. The van der Waals surface area contributed by atoms with Crippen LogP contribution in [0.5, 0.6) is 0 Å². The van der Waals surface area contributed by atoms with E-state index in [4.69, 9.17) is 0 Å². The fraction of sp³-hybridized carbons (Fsp3) is 0.400. The third-order valence-electron chi connectivity index (χ3n) is 7.89. The third kappa shape index (κ3) is 2.43. The second kappa shape index (κ2) is 6.69. The molecule has 2 aromatic rings. The number of anilines is 2. The molecule has 0 bridgehead atoms. The highest BCUT2D eigenvalue weighted by molar-refractivity contribution is 6.26. The summed E-state index contributed by atoms with van der Waals surface area (Å²) in [6, 6.07) is 8.02. The standard InChI is InChI=1S/C25H22F3N3O3/c1-12-10-13(2)20-15(11-12)24(23(34)29-20)19-18(17-8-5-9-30(17)24)21(32)31(22(19)33)16-7-4-3-6-14(16)25(26,27)28/h3-4,6-7,10-11,17-19H,5,8-9H2,1-2H3,(H,29,34)/t17-,18-,19+,24-/m1/s1. The van der Waals surface area contributed by atoms with Gasteiger partial charge in [0.15, 0.2) is 0 Å². The van der Waals surface area contributed by atoms with Gasteiger partial charge in [0.25, 0.3) is 0 Å². The van der Waals surface area contributed by atoms with Gasteiger partial charge in [-0.1, -0.05) is 29.8 Å². The fourth-order valence-corrected chi connectivity index (χ4v) is 6.81. The highest BCUT2D eigenvalue weighted by atomic mass is 19.4. The molecule has 2 aromatic carbocycles. The number of fused-ring (bicyclic) bond motifs is 7. The number of imide groups is 1. The SMILES string of the molecule is Cc1cc(C)c2c(c1)[C@]1(C(=O)N2)[C@@H]2C(=O)N(c3ccccc3C(F)(F)F)C(=O)[C@@H]2[C@H]2CCCN21. The molecular formula is C25H22F3N3O3. The summed E-state index contributed by atoms with van der Waals surface area (Å²) in [6.45, 7) is 4.30. The normalized spacial score (nSPS) is 30.2. The first-order chi connectivity index (χ1) is 16.1. The molecule has 4 aliphatic rings. The van der Waals surface area contributed by atoms with E-state index in [-0.39, 0.29) is 11.9 Å². The Morgan fingerprint density at radius 3 is 2.53 bits per heavy atom. The minimum atomic E-state index is -4.74. The minimum Gasteiger partial charge on any atom is -0.324 e. The van der Waals surface area contributed by atoms with Crippen molar-refractivity contribution in [3.8, 4) is 0 Å². The van der Waals surface area contributed by atoms with Crippen molar-refractivity contribution in [2.75, 3.05) is 16.8 Å². The van der Waals surface area contributed by atoms with Gasteiger partial charge in [-0.25, -0.2) is 4.90 Å². The molecule has 3 saturated heterocycles. The fourth-order valence-electron chi connectivity index (χ4n) is 6.81. The molecular weight excluding hydrogens is 447 g/mol. The molecule has 0 aliphatic carbocycles. The molecule has 176 valence electrons. The number of rotatable bonds is 1. The van der Waals surface area contributed by atoms with Crippen molar-refractivity contribution in [3.05, 3.63) is 58.7 Å². The largest absolute Gasteiger partial charge is 0.418 e. The lowest BCUT2D eigenvalue weighted by atomic mass is 9.75. The number of halogens is 3. The summed E-state index contributed by atoms with van der Waals surface area (Å²) in [5.41, 5.74) is 0.0813. The summed E-state index contributed by atoms with van der Waals surface area (Å²) < 4.78 is 41.3. The molecule has 3 amide bonds. The molecule has 6 nitrogen and oxygen atoms in total. The Kier molecular flexibility index (Phi) is 4.20. The van der Waals surface area contributed by atoms with E-state index < -0.39 is 46.6 Å². The number of aryl methyl sites for hydroxylation is 2. The van der Waals surface area contributed by atoms with Gasteiger partial charge in [0, 0.05) is 17.3 Å². The molecule has 1 N–H and O–H groups in total. The zero-order valence-corrected chi connectivity index (χ0v) is 18.6. The summed E-state index contributed by atoms with van der Waals surface area (Å²) in [7, 11) is 0. The van der Waals surface area contributed by atoms with Crippen LogP contribution in [0.4, 0.5) is 24.5 Å². The quantitative estimate of drug-likeness (QED) is 0.646. The molecule has 6 rings (SSSR count). The van der Waals surface area contributed by atoms with Crippen LogP contribution in [-0.4, -0.2) is 35.2 Å². The van der Waals surface area contributed by atoms with Crippen LogP contribution in [0.1, 0.15) is 35.1 Å². The average Bonchev–Trinajstić information content (AvgIpc) is 3.46. The van der Waals surface area contributed by atoms with E-state index in [9.17, 15) is 27.6 Å². The first-order valence-electron chi connectivity index (χ1n) is 11.3. The number of carbonyl (C=O) groups is 3. The average molecular weight is 469 g/mol. The van der Waals surface area contributed by atoms with Crippen molar-refractivity contribution in [1.82, 2.24) is 4.90 Å². The van der Waals surface area contributed by atoms with Gasteiger partial charge >= 0.3 is 6.18 Å². The zero-order valence-electron chi connectivity index (χ0n) is 18.6. The van der Waals surface area contributed by atoms with Gasteiger partial charge in [0.2, 0.25) is 17.7 Å². The Morgan fingerprint density at radius 1 is 1.06 bits per heavy atom. The van der Waals surface area contributed by atoms with E-state index in [0.29, 0.717) is 29.1 Å². The van der Waals surface area contributed by atoms with Gasteiger partial charge < -0.3 is 5.32 Å². The van der Waals surface area contributed by atoms with Crippen molar-refractivity contribution in [2.24, 2.45) is 11.8 Å². The second-order valence-electron chi connectivity index (χ2n) is 9.66. The summed E-state index contributed by atoms with van der Waals surface area (Å²) in [4.78, 5) is 44.0. The molecule has 4 aliphatic heterocycles. The smallest absolute Gasteiger partial charge is 0.324 e.